The van der Waals surface area contributed by atoms with Gasteiger partial charge in [0, 0.05) is 50.3 Å². The third-order valence-electron chi connectivity index (χ3n) is 4.71. The van der Waals surface area contributed by atoms with Crippen LogP contribution in [0.2, 0.25) is 0 Å². The zero-order valence-corrected chi connectivity index (χ0v) is 21.3. The number of aromatic nitrogens is 2. The van der Waals surface area contributed by atoms with E-state index >= 15 is 0 Å². The van der Waals surface area contributed by atoms with Crippen LogP contribution in [0.15, 0.2) is 59.6 Å². The molecule has 37 heavy (non-hydrogen) atoms. The maximum Gasteiger partial charge on any atom is 0.241 e. The molecule has 0 amide bonds. The molecule has 3 aromatic rings. The Morgan fingerprint density at radius 1 is 1.11 bits per heavy atom. The van der Waals surface area contributed by atoms with Gasteiger partial charge >= 0.3 is 0 Å². The molecule has 1 aromatic heterocycles. The molecule has 2 aromatic carbocycles. The highest BCUT2D eigenvalue weighted by atomic mass is 32.2. The number of anilines is 4. The van der Waals surface area contributed by atoms with Gasteiger partial charge in [-0.15, -0.1) is 0 Å². The summed E-state index contributed by atoms with van der Waals surface area (Å²) in [7, 11) is -3.92. The molecular formula is C27H36N6O3S. The average molecular weight is 537 g/mol. The predicted molar refractivity (Wildman–Crippen MR) is 147 cm³/mol. The minimum Gasteiger partial charge on any atom is -0.492 e. The molecule has 4 rings (SSSR count). The number of sulfonamides is 1. The molecule has 0 aliphatic carbocycles. The summed E-state index contributed by atoms with van der Waals surface area (Å²) >= 11 is 0. The molecule has 198 valence electrons. The summed E-state index contributed by atoms with van der Waals surface area (Å²) in [4.78, 5) is 8.62. The Hall–Kier alpha value is -3.21. The number of ether oxygens (including phenoxy) is 1. The van der Waals surface area contributed by atoms with Crippen molar-refractivity contribution in [2.75, 3.05) is 36.8 Å². The SMILES string of the molecule is [2H]c1nc(Nc2ccc(OCCN3C([2H])([2H])C([2H])([2H])C([2H])([2H])C3([2H])[2H])cc2)nc(Nc2cccc(S(=O)(=O)NC(C)(C)C)c2)c1C([2H])([2H])[2H]. The molecule has 0 spiro atoms. The van der Waals surface area contributed by atoms with E-state index in [9.17, 15) is 8.42 Å². The predicted octanol–water partition coefficient (Wildman–Crippen LogP) is 4.82. The molecule has 0 saturated carbocycles. The summed E-state index contributed by atoms with van der Waals surface area (Å²) in [5.74, 6) is -0.152. The van der Waals surface area contributed by atoms with Gasteiger partial charge in [-0.1, -0.05) is 6.07 Å². The number of nitrogens with one attached hydrogen (secondary N) is 3. The normalized spacial score (nSPS) is 25.1. The highest BCUT2D eigenvalue weighted by Gasteiger charge is 2.22. The molecule has 1 fully saturated rings. The molecule has 2 heterocycles. The zero-order chi connectivity index (χ0) is 37.0. The van der Waals surface area contributed by atoms with Crippen molar-refractivity contribution in [3.05, 3.63) is 60.3 Å². The first-order chi connectivity index (χ1) is 22.2. The minimum absolute atomic E-state index is 0.0803. The second kappa shape index (κ2) is 11.5. The number of nitrogens with zero attached hydrogens (tertiary/aromatic N) is 3. The van der Waals surface area contributed by atoms with Gasteiger partial charge in [0.15, 0.2) is 0 Å². The lowest BCUT2D eigenvalue weighted by atomic mass is 10.1. The Balaban J connectivity index is 1.51. The Morgan fingerprint density at radius 2 is 1.86 bits per heavy atom. The van der Waals surface area contributed by atoms with Gasteiger partial charge in [0.1, 0.15) is 18.2 Å². The van der Waals surface area contributed by atoms with Gasteiger partial charge in [-0.3, -0.25) is 4.90 Å². The van der Waals surface area contributed by atoms with Crippen LogP contribution in [0.3, 0.4) is 0 Å². The molecule has 1 aliphatic rings. The maximum absolute atomic E-state index is 12.9. The van der Waals surface area contributed by atoms with E-state index in [1.807, 2.05) is 0 Å². The fourth-order valence-electron chi connectivity index (χ4n) is 3.18. The van der Waals surface area contributed by atoms with Gasteiger partial charge in [-0.05, 0) is 95.8 Å². The average Bonchev–Trinajstić information content (AvgIpc) is 3.00. The molecular weight excluding hydrogens is 488 g/mol. The van der Waals surface area contributed by atoms with Crippen molar-refractivity contribution in [3.8, 4) is 5.75 Å². The van der Waals surface area contributed by atoms with Crippen LogP contribution < -0.4 is 20.1 Å². The van der Waals surface area contributed by atoms with E-state index in [4.69, 9.17) is 21.2 Å². The molecule has 0 unspecified atom stereocenters. The first kappa shape index (κ1) is 15.3. The second-order valence-electron chi connectivity index (χ2n) is 9.01. The van der Waals surface area contributed by atoms with Crippen molar-refractivity contribution in [2.24, 2.45) is 0 Å². The van der Waals surface area contributed by atoms with Crippen molar-refractivity contribution in [2.45, 2.75) is 50.8 Å². The standard InChI is InChI=1S/C27H36N6O3S/c1-20-19-28-26(30-21-10-12-23(13-11-21)36-17-16-33-14-5-6-15-33)31-25(20)29-22-8-7-9-24(18-22)37(34,35)32-27(2,3)4/h7-13,18-19,32H,5-6,14-17H2,1-4H3,(H2,28,29,30,31)/i1D3,5D2,6D2,14D2,15D2,19D. The van der Waals surface area contributed by atoms with Crippen LogP contribution in [0.5, 0.6) is 5.75 Å². The molecule has 10 heteroatoms. The largest absolute Gasteiger partial charge is 0.492 e. The number of hydrogen-bond acceptors (Lipinski definition) is 8. The van der Waals surface area contributed by atoms with Gasteiger partial charge < -0.3 is 15.4 Å². The summed E-state index contributed by atoms with van der Waals surface area (Å²) in [6.07, 6.45) is -6.87. The highest BCUT2D eigenvalue weighted by Crippen LogP contribution is 2.24. The molecule has 9 nitrogen and oxygen atoms in total. The summed E-state index contributed by atoms with van der Waals surface area (Å²) in [6.45, 7) is -4.42. The Morgan fingerprint density at radius 3 is 2.57 bits per heavy atom. The van der Waals surface area contributed by atoms with Crippen LogP contribution >= 0.6 is 0 Å². The Labute approximate surface area is 236 Å². The number of hydrogen-bond donors (Lipinski definition) is 3. The summed E-state index contributed by atoms with van der Waals surface area (Å²) < 4.78 is 130. The van der Waals surface area contributed by atoms with E-state index in [1.54, 1.807) is 20.8 Å². The quantitative estimate of drug-likeness (QED) is 0.338. The van der Waals surface area contributed by atoms with Gasteiger partial charge in [0.2, 0.25) is 16.0 Å². The van der Waals surface area contributed by atoms with Crippen LogP contribution in [0.4, 0.5) is 23.1 Å². The van der Waals surface area contributed by atoms with E-state index < -0.39 is 66.4 Å². The number of likely N-dealkylation sites (tertiary alicyclic amines) is 1. The fourth-order valence-corrected chi connectivity index (χ4v) is 4.65. The zero-order valence-electron chi connectivity index (χ0n) is 32.5. The lowest BCUT2D eigenvalue weighted by molar-refractivity contribution is 0.238. The van der Waals surface area contributed by atoms with Crippen LogP contribution in [-0.2, 0) is 10.0 Å². The third-order valence-corrected chi connectivity index (χ3v) is 6.47. The van der Waals surface area contributed by atoms with Gasteiger partial charge in [0.25, 0.3) is 0 Å². The van der Waals surface area contributed by atoms with Crippen molar-refractivity contribution in [1.29, 1.82) is 0 Å². The van der Waals surface area contributed by atoms with Gasteiger partial charge in [-0.2, -0.15) is 4.98 Å². The molecule has 0 radical (unpaired) electrons. The molecule has 0 atom stereocenters. The van der Waals surface area contributed by atoms with E-state index in [-0.39, 0.29) is 34.7 Å². The minimum atomic E-state index is -3.92. The lowest BCUT2D eigenvalue weighted by Gasteiger charge is -2.20. The molecule has 3 N–H and O–H groups in total. The monoisotopic (exact) mass is 536 g/mol. The number of benzene rings is 2. The molecule has 0 bridgehead atoms. The molecule has 1 aliphatic heterocycles. The van der Waals surface area contributed by atoms with Crippen molar-refractivity contribution in [1.82, 2.24) is 19.6 Å². The maximum atomic E-state index is 12.9. The fraction of sp³-hybridized carbons (Fsp3) is 0.407. The smallest absolute Gasteiger partial charge is 0.241 e. The van der Waals surface area contributed by atoms with Crippen molar-refractivity contribution >= 4 is 33.2 Å². The topological polar surface area (TPSA) is 108 Å². The molecule has 1 saturated heterocycles. The number of rotatable bonds is 10. The summed E-state index contributed by atoms with van der Waals surface area (Å²) in [6, 6.07) is 11.7. The third kappa shape index (κ3) is 7.88. The van der Waals surface area contributed by atoms with Gasteiger partial charge in [-0.25, -0.2) is 18.1 Å². The van der Waals surface area contributed by atoms with Crippen molar-refractivity contribution < 1.29 is 29.6 Å². The Bertz CT molecular complexity index is 1770. The van der Waals surface area contributed by atoms with E-state index in [2.05, 4.69) is 25.3 Å². The van der Waals surface area contributed by atoms with E-state index in [0.29, 0.717) is 10.6 Å². The Kier molecular flexibility index (Phi) is 4.72. The second-order valence-corrected chi connectivity index (χ2v) is 10.7. The van der Waals surface area contributed by atoms with Crippen LogP contribution in [0.25, 0.3) is 0 Å². The van der Waals surface area contributed by atoms with E-state index in [1.165, 1.54) is 48.5 Å². The van der Waals surface area contributed by atoms with E-state index in [0.717, 1.165) is 0 Å². The summed E-state index contributed by atoms with van der Waals surface area (Å²) in [5, 5.41) is 5.67. The summed E-state index contributed by atoms with van der Waals surface area (Å²) in [5.41, 5.74) is -0.672. The van der Waals surface area contributed by atoms with Crippen LogP contribution in [0, 0.1) is 6.85 Å². The van der Waals surface area contributed by atoms with Gasteiger partial charge in [0.05, 0.1) is 6.27 Å². The van der Waals surface area contributed by atoms with Crippen LogP contribution in [0.1, 0.15) is 55.5 Å². The lowest BCUT2D eigenvalue weighted by Crippen LogP contribution is -2.40. The van der Waals surface area contributed by atoms with Crippen molar-refractivity contribution in [3.63, 3.8) is 0 Å². The first-order valence-electron chi connectivity index (χ1n) is 17.3. The van der Waals surface area contributed by atoms with Crippen LogP contribution in [-0.4, -0.2) is 55.0 Å². The highest BCUT2D eigenvalue weighted by molar-refractivity contribution is 7.89. The first-order valence-corrected chi connectivity index (χ1v) is 12.8.